The number of hydrogen-bond acceptors (Lipinski definition) is 7. The lowest BCUT2D eigenvalue weighted by atomic mass is 9.85. The van der Waals surface area contributed by atoms with Crippen LogP contribution in [0.15, 0.2) is 48.2 Å². The summed E-state index contributed by atoms with van der Waals surface area (Å²) in [7, 11) is -1.02. The van der Waals surface area contributed by atoms with E-state index in [2.05, 4.69) is 35.4 Å². The van der Waals surface area contributed by atoms with Crippen molar-refractivity contribution >= 4 is 49.4 Å². The quantitative estimate of drug-likeness (QED) is 0.520. The maximum absolute atomic E-state index is 12.5. The minimum Gasteiger partial charge on any atom is -0.505 e. The van der Waals surface area contributed by atoms with E-state index in [1.54, 1.807) is 32.3 Å². The normalized spacial score (nSPS) is 16.2. The van der Waals surface area contributed by atoms with Crippen molar-refractivity contribution in [1.82, 2.24) is 10.2 Å². The zero-order valence-electron chi connectivity index (χ0n) is 18.2. The standard InChI is InChI=1S/C20H24BrN5O5S/c1-20(2,3)16(13-7-6-10-31-13)23-18-17(24-32(29,30)25-18)22-12-9-8-11(21)14(15(12)27)19(28)26(4)5/h6-10,16,27H,1-5H3,(H,22,24)(H,23,25)/t16-/m0/s1. The molecule has 12 heteroatoms. The number of amidine groups is 2. The minimum atomic E-state index is -4.13. The number of aromatic hydroxyl groups is 1. The maximum atomic E-state index is 12.5. The number of benzene rings is 1. The summed E-state index contributed by atoms with van der Waals surface area (Å²) in [6.07, 6.45) is 1.53. The second-order valence-corrected chi connectivity index (χ2v) is 10.5. The highest BCUT2D eigenvalue weighted by atomic mass is 79.9. The van der Waals surface area contributed by atoms with E-state index in [9.17, 15) is 18.3 Å². The van der Waals surface area contributed by atoms with Crippen molar-refractivity contribution in [3.05, 3.63) is 46.3 Å². The molecule has 0 aliphatic carbocycles. The number of hydrogen-bond donors (Lipinski definition) is 3. The monoisotopic (exact) mass is 525 g/mol. The first-order valence-electron chi connectivity index (χ1n) is 9.55. The number of amides is 1. The van der Waals surface area contributed by atoms with Gasteiger partial charge < -0.3 is 25.1 Å². The Kier molecular flexibility index (Phi) is 6.38. The predicted octanol–water partition coefficient (Wildman–Crippen LogP) is 3.29. The Balaban J connectivity index is 1.97. The van der Waals surface area contributed by atoms with Crippen LogP contribution >= 0.6 is 15.9 Å². The van der Waals surface area contributed by atoms with Crippen molar-refractivity contribution in [3.8, 4) is 5.75 Å². The molecule has 1 atom stereocenters. The Morgan fingerprint density at radius 3 is 2.41 bits per heavy atom. The molecule has 0 bridgehead atoms. The first-order valence-corrected chi connectivity index (χ1v) is 11.7. The summed E-state index contributed by atoms with van der Waals surface area (Å²) in [5.41, 5.74) is -0.256. The largest absolute Gasteiger partial charge is 0.505 e. The summed E-state index contributed by atoms with van der Waals surface area (Å²) in [6.45, 7) is 5.88. The number of nitrogens with zero attached hydrogens (tertiary/aromatic N) is 3. The van der Waals surface area contributed by atoms with Crippen LogP contribution in [-0.2, 0) is 10.2 Å². The molecule has 3 N–H and O–H groups in total. The first-order chi connectivity index (χ1) is 14.8. The van der Waals surface area contributed by atoms with Crippen molar-refractivity contribution in [1.29, 1.82) is 0 Å². The SMILES string of the molecule is CN(C)C(=O)c1c(Br)ccc(NC2=NS(=O)(=O)N=C2N[C@@H](c2ccco2)C(C)(C)C)c1O. The van der Waals surface area contributed by atoms with Crippen LogP contribution in [0.25, 0.3) is 0 Å². The van der Waals surface area contributed by atoms with Crippen molar-refractivity contribution in [2.75, 3.05) is 19.4 Å². The summed E-state index contributed by atoms with van der Waals surface area (Å²) >= 11 is 3.26. The summed E-state index contributed by atoms with van der Waals surface area (Å²) in [4.78, 5) is 13.8. The van der Waals surface area contributed by atoms with Gasteiger partial charge in [-0.3, -0.25) is 4.79 Å². The number of phenolic OH excluding ortho intramolecular Hbond substituents is 1. The molecule has 172 valence electrons. The van der Waals surface area contributed by atoms with Crippen LogP contribution in [-0.4, -0.2) is 50.1 Å². The van der Waals surface area contributed by atoms with Crippen molar-refractivity contribution in [3.63, 3.8) is 0 Å². The Labute approximate surface area is 194 Å². The summed E-state index contributed by atoms with van der Waals surface area (Å²) in [6, 6.07) is 6.13. The van der Waals surface area contributed by atoms with E-state index in [0.717, 1.165) is 0 Å². The van der Waals surface area contributed by atoms with Crippen molar-refractivity contribution in [2.45, 2.75) is 26.8 Å². The highest BCUT2D eigenvalue weighted by molar-refractivity contribution is 9.10. The molecule has 0 saturated heterocycles. The van der Waals surface area contributed by atoms with E-state index in [-0.39, 0.29) is 34.1 Å². The van der Waals surface area contributed by atoms with Gasteiger partial charge in [0.15, 0.2) is 17.4 Å². The van der Waals surface area contributed by atoms with Crippen molar-refractivity contribution < 1.29 is 22.7 Å². The summed E-state index contributed by atoms with van der Waals surface area (Å²) in [5, 5.41) is 16.6. The third-order valence-corrected chi connectivity index (χ3v) is 6.10. The van der Waals surface area contributed by atoms with Gasteiger partial charge in [-0.1, -0.05) is 20.8 Å². The summed E-state index contributed by atoms with van der Waals surface area (Å²) < 4.78 is 37.6. The van der Waals surface area contributed by atoms with Crippen LogP contribution in [0, 0.1) is 5.41 Å². The number of furan rings is 1. The molecule has 2 heterocycles. The zero-order chi connectivity index (χ0) is 23.8. The molecule has 3 rings (SSSR count). The number of rotatable bonds is 4. The minimum absolute atomic E-state index is 0.0241. The van der Waals surface area contributed by atoms with Gasteiger partial charge in [0.2, 0.25) is 0 Å². The zero-order valence-corrected chi connectivity index (χ0v) is 20.6. The molecular weight excluding hydrogens is 502 g/mol. The molecule has 1 aliphatic heterocycles. The maximum Gasteiger partial charge on any atom is 0.367 e. The third kappa shape index (κ3) is 4.96. The van der Waals surface area contributed by atoms with E-state index < -0.39 is 22.2 Å². The Bertz CT molecular complexity index is 1200. The average molecular weight is 526 g/mol. The van der Waals surface area contributed by atoms with E-state index in [1.165, 1.54) is 17.2 Å². The van der Waals surface area contributed by atoms with Crippen LogP contribution in [0.2, 0.25) is 0 Å². The Morgan fingerprint density at radius 2 is 1.84 bits per heavy atom. The van der Waals surface area contributed by atoms with Gasteiger partial charge in [0.1, 0.15) is 5.76 Å². The number of halogens is 1. The smallest absolute Gasteiger partial charge is 0.367 e. The molecule has 0 fully saturated rings. The molecule has 1 aromatic carbocycles. The molecule has 0 unspecified atom stereocenters. The van der Waals surface area contributed by atoms with Crippen molar-refractivity contribution in [2.24, 2.45) is 14.2 Å². The fourth-order valence-corrected chi connectivity index (χ4v) is 4.31. The lowest BCUT2D eigenvalue weighted by molar-refractivity contribution is 0.0824. The van der Waals surface area contributed by atoms with Gasteiger partial charge in [0.05, 0.1) is 23.6 Å². The third-order valence-electron chi connectivity index (χ3n) is 4.61. The van der Waals surface area contributed by atoms with Crippen LogP contribution in [0.4, 0.5) is 5.69 Å². The fourth-order valence-electron chi connectivity index (χ4n) is 3.04. The van der Waals surface area contributed by atoms with Gasteiger partial charge in [-0.05, 0) is 45.6 Å². The van der Waals surface area contributed by atoms with Gasteiger partial charge in [-0.15, -0.1) is 8.80 Å². The average Bonchev–Trinajstić information content (AvgIpc) is 3.28. The van der Waals surface area contributed by atoms with E-state index >= 15 is 0 Å². The first kappa shape index (κ1) is 23.8. The highest BCUT2D eigenvalue weighted by Crippen LogP contribution is 2.36. The van der Waals surface area contributed by atoms with Gasteiger partial charge >= 0.3 is 10.2 Å². The lowest BCUT2D eigenvalue weighted by Gasteiger charge is -2.30. The molecule has 0 radical (unpaired) electrons. The van der Waals surface area contributed by atoms with Crippen LogP contribution in [0.5, 0.6) is 5.75 Å². The number of phenols is 1. The topological polar surface area (TPSA) is 137 Å². The number of anilines is 1. The molecule has 2 aromatic rings. The van der Waals surface area contributed by atoms with Gasteiger partial charge in [0.25, 0.3) is 5.91 Å². The highest BCUT2D eigenvalue weighted by Gasteiger charge is 2.34. The van der Waals surface area contributed by atoms with Gasteiger partial charge in [-0.25, -0.2) is 0 Å². The Hall–Kier alpha value is -2.86. The molecule has 1 aliphatic rings. The molecule has 10 nitrogen and oxygen atoms in total. The molecule has 1 amide bonds. The van der Waals surface area contributed by atoms with E-state index in [0.29, 0.717) is 10.2 Å². The Morgan fingerprint density at radius 1 is 1.19 bits per heavy atom. The molecule has 0 spiro atoms. The number of carbonyl (C=O) groups excluding carboxylic acids is 1. The van der Waals surface area contributed by atoms with E-state index in [4.69, 9.17) is 4.42 Å². The van der Waals surface area contributed by atoms with Crippen LogP contribution < -0.4 is 10.6 Å². The molecule has 1 aromatic heterocycles. The number of nitrogens with one attached hydrogen (secondary N) is 2. The molecular formula is C20H24BrN5O5S. The molecule has 0 saturated carbocycles. The lowest BCUT2D eigenvalue weighted by Crippen LogP contribution is -2.41. The van der Waals surface area contributed by atoms with Gasteiger partial charge in [-0.2, -0.15) is 8.42 Å². The van der Waals surface area contributed by atoms with Crippen LogP contribution in [0.3, 0.4) is 0 Å². The van der Waals surface area contributed by atoms with Gasteiger partial charge in [0, 0.05) is 18.6 Å². The second kappa shape index (κ2) is 8.58. The van der Waals surface area contributed by atoms with E-state index in [1.807, 2.05) is 20.8 Å². The fraction of sp³-hybridized carbons (Fsp3) is 0.350. The predicted molar refractivity (Wildman–Crippen MR) is 125 cm³/mol. The summed E-state index contributed by atoms with van der Waals surface area (Å²) in [5.74, 6) is -0.357. The number of carbonyl (C=O) groups is 1. The second-order valence-electron chi connectivity index (χ2n) is 8.43. The van der Waals surface area contributed by atoms with Crippen LogP contribution in [0.1, 0.15) is 42.9 Å². The molecule has 32 heavy (non-hydrogen) atoms.